The molecule has 1 aliphatic rings. The Labute approximate surface area is 201 Å². The zero-order valence-corrected chi connectivity index (χ0v) is 20.4. The second-order valence-electron chi connectivity index (χ2n) is 8.44. The zero-order chi connectivity index (χ0) is 22.8. The van der Waals surface area contributed by atoms with Gasteiger partial charge < -0.3 is 5.32 Å². The van der Waals surface area contributed by atoms with Gasteiger partial charge in [0, 0.05) is 19.0 Å². The van der Waals surface area contributed by atoms with Gasteiger partial charge in [0.1, 0.15) is 10.2 Å². The molecule has 3 atom stereocenters. The van der Waals surface area contributed by atoms with Crippen molar-refractivity contribution in [2.75, 3.05) is 13.1 Å². The highest BCUT2D eigenvalue weighted by Gasteiger charge is 2.35. The van der Waals surface area contributed by atoms with E-state index in [1.807, 2.05) is 12.1 Å². The number of aryl methyl sites for hydroxylation is 1. The minimum absolute atomic E-state index is 0.0480. The molecule has 170 valence electrons. The Balaban J connectivity index is 1.60. The number of nitrogens with zero attached hydrogens (tertiary/aromatic N) is 2. The van der Waals surface area contributed by atoms with E-state index in [9.17, 15) is 9.18 Å². The van der Waals surface area contributed by atoms with Crippen LogP contribution in [0, 0.1) is 17.7 Å². The first kappa shape index (κ1) is 23.4. The molecule has 3 aromatic rings. The number of nitrogens with one attached hydrogen (secondary N) is 1. The predicted molar refractivity (Wildman–Crippen MR) is 129 cm³/mol. The average Bonchev–Trinajstić information content (AvgIpc) is 3.29. The van der Waals surface area contributed by atoms with Crippen LogP contribution in [0.1, 0.15) is 47.3 Å². The number of rotatable bonds is 7. The number of thiophene rings is 1. The molecule has 0 unspecified atom stereocenters. The molecular formula is C24H26Cl2FN3OS. The van der Waals surface area contributed by atoms with Crippen LogP contribution in [0.5, 0.6) is 0 Å². The van der Waals surface area contributed by atoms with Crippen molar-refractivity contribution in [2.24, 2.45) is 18.9 Å². The molecule has 1 N–H and O–H groups in total. The van der Waals surface area contributed by atoms with Gasteiger partial charge >= 0.3 is 0 Å². The number of carbonyl (C=O) groups is 1. The van der Waals surface area contributed by atoms with Crippen molar-refractivity contribution in [3.8, 4) is 11.3 Å². The van der Waals surface area contributed by atoms with Gasteiger partial charge in [-0.25, -0.2) is 4.39 Å². The number of ketones is 1. The zero-order valence-electron chi connectivity index (χ0n) is 18.1. The van der Waals surface area contributed by atoms with Crippen LogP contribution in [0.2, 0.25) is 9.36 Å². The van der Waals surface area contributed by atoms with Crippen LogP contribution in [0.4, 0.5) is 4.39 Å². The Morgan fingerprint density at radius 3 is 2.75 bits per heavy atom. The molecule has 0 saturated carbocycles. The van der Waals surface area contributed by atoms with E-state index in [-0.39, 0.29) is 23.4 Å². The van der Waals surface area contributed by atoms with Gasteiger partial charge in [0.2, 0.25) is 0 Å². The summed E-state index contributed by atoms with van der Waals surface area (Å²) in [6, 6.07) is 8.66. The average molecular weight is 494 g/mol. The molecule has 4 nitrogen and oxygen atoms in total. The monoisotopic (exact) mass is 493 g/mol. The second-order valence-corrected chi connectivity index (χ2v) is 10.5. The van der Waals surface area contributed by atoms with Crippen LogP contribution in [-0.2, 0) is 7.05 Å². The molecule has 0 amide bonds. The fraction of sp³-hybridized carbons (Fsp3) is 0.417. The van der Waals surface area contributed by atoms with E-state index in [1.54, 1.807) is 30.1 Å². The molecule has 4 rings (SSSR count). The molecule has 0 radical (unpaired) electrons. The smallest absolute Gasteiger partial charge is 0.173 e. The number of aromatic nitrogens is 2. The van der Waals surface area contributed by atoms with Crippen molar-refractivity contribution in [3.05, 3.63) is 62.1 Å². The topological polar surface area (TPSA) is 46.9 Å². The minimum Gasteiger partial charge on any atom is -0.316 e. The van der Waals surface area contributed by atoms with E-state index >= 15 is 0 Å². The number of carbonyl (C=O) groups excluding carboxylic acids is 1. The van der Waals surface area contributed by atoms with Gasteiger partial charge in [0.05, 0.1) is 21.8 Å². The molecule has 0 bridgehead atoms. The third-order valence-electron chi connectivity index (χ3n) is 6.28. The molecule has 0 spiro atoms. The highest BCUT2D eigenvalue weighted by atomic mass is 35.5. The van der Waals surface area contributed by atoms with Crippen LogP contribution in [0.25, 0.3) is 11.3 Å². The molecule has 3 heterocycles. The molecule has 8 heteroatoms. The summed E-state index contributed by atoms with van der Waals surface area (Å²) in [6.45, 7) is 3.77. The molecule has 1 fully saturated rings. The van der Waals surface area contributed by atoms with Gasteiger partial charge in [-0.15, -0.1) is 11.3 Å². The molecule has 32 heavy (non-hydrogen) atoms. The number of benzene rings is 1. The normalized spacial score (nSPS) is 21.1. The highest BCUT2D eigenvalue weighted by Crippen LogP contribution is 2.42. The van der Waals surface area contributed by atoms with Gasteiger partial charge in [-0.2, -0.15) is 5.10 Å². The maximum atomic E-state index is 14.0. The molecule has 1 aromatic carbocycles. The number of halogens is 3. The van der Waals surface area contributed by atoms with E-state index in [0.717, 1.165) is 37.1 Å². The fourth-order valence-corrected chi connectivity index (χ4v) is 6.42. The maximum Gasteiger partial charge on any atom is 0.173 e. The molecule has 0 aliphatic carbocycles. The van der Waals surface area contributed by atoms with Gasteiger partial charge in [0.15, 0.2) is 5.78 Å². The Bertz CT molecular complexity index is 1090. The summed E-state index contributed by atoms with van der Waals surface area (Å²) in [6.07, 6.45) is 4.03. The van der Waals surface area contributed by atoms with E-state index < -0.39 is 0 Å². The molecule has 1 saturated heterocycles. The summed E-state index contributed by atoms with van der Waals surface area (Å²) in [7, 11) is 1.79. The van der Waals surface area contributed by atoms with Crippen molar-refractivity contribution in [3.63, 3.8) is 0 Å². The van der Waals surface area contributed by atoms with Crippen molar-refractivity contribution < 1.29 is 9.18 Å². The molecule has 2 aromatic heterocycles. The van der Waals surface area contributed by atoms with Crippen molar-refractivity contribution in [1.29, 1.82) is 0 Å². The summed E-state index contributed by atoms with van der Waals surface area (Å²) in [4.78, 5) is 13.9. The second kappa shape index (κ2) is 10.0. The van der Waals surface area contributed by atoms with E-state index in [2.05, 4.69) is 17.3 Å². The van der Waals surface area contributed by atoms with Crippen LogP contribution in [0.15, 0.2) is 36.5 Å². The van der Waals surface area contributed by atoms with Crippen LogP contribution in [-0.4, -0.2) is 28.7 Å². The number of hydrogen-bond donors (Lipinski definition) is 1. The quantitative estimate of drug-likeness (QED) is 0.377. The van der Waals surface area contributed by atoms with Crippen LogP contribution < -0.4 is 5.32 Å². The lowest BCUT2D eigenvalue weighted by Gasteiger charge is -2.39. The maximum absolute atomic E-state index is 14.0. The number of piperidine rings is 1. The number of Topliss-reactive ketones (excluding diaryl/α,β-unsaturated/α-hetero) is 1. The van der Waals surface area contributed by atoms with Gasteiger partial charge in [-0.05, 0) is 61.0 Å². The van der Waals surface area contributed by atoms with Crippen molar-refractivity contribution in [1.82, 2.24) is 15.1 Å². The lowest BCUT2D eigenvalue weighted by Crippen LogP contribution is -2.43. The summed E-state index contributed by atoms with van der Waals surface area (Å²) in [5, 5.41) is 8.16. The molecule has 1 aliphatic heterocycles. The summed E-state index contributed by atoms with van der Waals surface area (Å²) in [5.41, 5.74) is 2.40. The van der Waals surface area contributed by atoms with Crippen LogP contribution >= 0.6 is 34.5 Å². The van der Waals surface area contributed by atoms with Crippen molar-refractivity contribution >= 4 is 40.3 Å². The van der Waals surface area contributed by atoms with Gasteiger partial charge in [-0.3, -0.25) is 9.48 Å². The Morgan fingerprint density at radius 1 is 1.28 bits per heavy atom. The number of hydrogen-bond acceptors (Lipinski definition) is 4. The standard InChI is InChI=1S/C24H26Cl2FN3OS/c1-3-5-15-11-28-12-16(22(15)14-6-4-7-17(27)8-14)9-20(31)21-10-18(24(26)32-21)23-19(25)13-29-30(23)2/h4,6-8,10,13,15-16,22,28H,3,5,9,11-12H2,1-2H3/t15-,16+,22+/m0/s1. The lowest BCUT2D eigenvalue weighted by atomic mass is 9.71. The largest absolute Gasteiger partial charge is 0.316 e. The van der Waals surface area contributed by atoms with E-state index in [1.165, 1.54) is 17.4 Å². The van der Waals surface area contributed by atoms with Crippen LogP contribution in [0.3, 0.4) is 0 Å². The first-order valence-electron chi connectivity index (χ1n) is 10.9. The van der Waals surface area contributed by atoms with Gasteiger partial charge in [0.25, 0.3) is 0 Å². The minimum atomic E-state index is -0.232. The summed E-state index contributed by atoms with van der Waals surface area (Å²) < 4.78 is 16.2. The highest BCUT2D eigenvalue weighted by molar-refractivity contribution is 7.18. The third kappa shape index (κ3) is 4.79. The first-order chi connectivity index (χ1) is 15.4. The SMILES string of the molecule is CCC[C@H]1CNC[C@@H](CC(=O)c2cc(-c3c(Cl)cnn3C)c(Cl)s2)[C@@H]1c1cccc(F)c1. The lowest BCUT2D eigenvalue weighted by molar-refractivity contribution is 0.0933. The van der Waals surface area contributed by atoms with Crippen molar-refractivity contribution in [2.45, 2.75) is 32.1 Å². The van der Waals surface area contributed by atoms with E-state index in [0.29, 0.717) is 32.3 Å². The summed E-state index contributed by atoms with van der Waals surface area (Å²) >= 11 is 14.0. The fourth-order valence-electron chi connectivity index (χ4n) is 4.92. The Morgan fingerprint density at radius 2 is 2.06 bits per heavy atom. The third-order valence-corrected chi connectivity index (χ3v) is 7.96. The summed E-state index contributed by atoms with van der Waals surface area (Å²) in [5.74, 6) is 0.399. The van der Waals surface area contributed by atoms with E-state index in [4.69, 9.17) is 23.2 Å². The van der Waals surface area contributed by atoms with Gasteiger partial charge in [-0.1, -0.05) is 48.7 Å². The predicted octanol–water partition coefficient (Wildman–Crippen LogP) is 6.59. The Kier molecular flexibility index (Phi) is 7.35. The first-order valence-corrected chi connectivity index (χ1v) is 12.4. The molecular weight excluding hydrogens is 468 g/mol. The Hall–Kier alpha value is -1.73.